The van der Waals surface area contributed by atoms with Crippen LogP contribution >= 0.6 is 0 Å². The van der Waals surface area contributed by atoms with Crippen LogP contribution in [0.5, 0.6) is 5.75 Å². The molecule has 25 heavy (non-hydrogen) atoms. The van der Waals surface area contributed by atoms with Crippen LogP contribution in [0.3, 0.4) is 0 Å². The zero-order valence-corrected chi connectivity index (χ0v) is 15.6. The van der Waals surface area contributed by atoms with E-state index in [9.17, 15) is 0 Å². The summed E-state index contributed by atoms with van der Waals surface area (Å²) in [5.74, 6) is 0.912. The van der Waals surface area contributed by atoms with E-state index in [1.165, 1.54) is 57.9 Å². The van der Waals surface area contributed by atoms with Crippen molar-refractivity contribution in [3.8, 4) is 5.75 Å². The highest BCUT2D eigenvalue weighted by molar-refractivity contribution is 5.84. The molecule has 0 atom stereocenters. The molecular weight excluding hydrogens is 308 g/mol. The first-order valence-electron chi connectivity index (χ1n) is 10.1. The molecule has 1 fully saturated rings. The molecule has 136 valence electrons. The fourth-order valence-electron chi connectivity index (χ4n) is 3.95. The third kappa shape index (κ3) is 5.18. The van der Waals surface area contributed by atoms with Gasteiger partial charge >= 0.3 is 0 Å². The van der Waals surface area contributed by atoms with Gasteiger partial charge in [-0.2, -0.15) is 0 Å². The smallest absolute Gasteiger partial charge is 0.145 e. The number of hydrogen-bond acceptors (Lipinski definition) is 3. The van der Waals surface area contributed by atoms with E-state index < -0.39 is 0 Å². The van der Waals surface area contributed by atoms with Gasteiger partial charge in [0.05, 0.1) is 0 Å². The van der Waals surface area contributed by atoms with Crippen LogP contribution in [0.15, 0.2) is 36.5 Å². The molecule has 0 amide bonds. The number of aromatic nitrogens is 1. The number of unbranched alkanes of at least 4 members (excludes halogenated alkanes) is 2. The molecule has 3 heteroatoms. The van der Waals surface area contributed by atoms with Crippen LogP contribution in [0.4, 0.5) is 0 Å². The number of nitrogens with zero attached hydrogens (tertiary/aromatic N) is 2. The Labute approximate surface area is 152 Å². The van der Waals surface area contributed by atoms with Gasteiger partial charge in [0, 0.05) is 24.2 Å². The zero-order valence-electron chi connectivity index (χ0n) is 15.6. The fraction of sp³-hybridized carbons (Fsp3) is 0.591. The van der Waals surface area contributed by atoms with E-state index >= 15 is 0 Å². The second kappa shape index (κ2) is 9.76. The standard InChI is InChI=1S/C22H32N2O/c1-2-3-7-16-24(20-12-5-4-6-13-20)17-18-25-21-14-8-10-19-11-9-15-23-22(19)21/h8-11,14-15,20H,2-7,12-13,16-18H2,1H3. The number of pyridine rings is 1. The minimum atomic E-state index is 0.748. The highest BCUT2D eigenvalue weighted by Crippen LogP contribution is 2.25. The third-order valence-electron chi connectivity index (χ3n) is 5.37. The Kier molecular flexibility index (Phi) is 7.10. The minimum absolute atomic E-state index is 0.748. The molecule has 0 saturated heterocycles. The van der Waals surface area contributed by atoms with Crippen molar-refractivity contribution < 1.29 is 4.74 Å². The number of hydrogen-bond donors (Lipinski definition) is 0. The molecule has 0 unspecified atom stereocenters. The quantitative estimate of drug-likeness (QED) is 0.568. The van der Waals surface area contributed by atoms with Gasteiger partial charge in [0.1, 0.15) is 17.9 Å². The lowest BCUT2D eigenvalue weighted by molar-refractivity contribution is 0.128. The summed E-state index contributed by atoms with van der Waals surface area (Å²) in [5, 5.41) is 1.15. The van der Waals surface area contributed by atoms with Crippen molar-refractivity contribution >= 4 is 10.9 Å². The van der Waals surface area contributed by atoms with Gasteiger partial charge in [0.15, 0.2) is 0 Å². The summed E-state index contributed by atoms with van der Waals surface area (Å²) in [5.41, 5.74) is 0.972. The molecule has 1 aromatic carbocycles. The lowest BCUT2D eigenvalue weighted by atomic mass is 9.94. The van der Waals surface area contributed by atoms with Crippen LogP contribution in [0, 0.1) is 0 Å². The average Bonchev–Trinajstić information content (AvgIpc) is 2.68. The Hall–Kier alpha value is -1.61. The van der Waals surface area contributed by atoms with Crippen molar-refractivity contribution in [2.45, 2.75) is 64.3 Å². The number of fused-ring (bicyclic) bond motifs is 1. The molecule has 1 aromatic heterocycles. The molecule has 0 bridgehead atoms. The Morgan fingerprint density at radius 1 is 1.04 bits per heavy atom. The third-order valence-corrected chi connectivity index (χ3v) is 5.37. The van der Waals surface area contributed by atoms with Gasteiger partial charge in [0.25, 0.3) is 0 Å². The van der Waals surface area contributed by atoms with Crippen LogP contribution < -0.4 is 4.74 Å². The normalized spacial score (nSPS) is 15.8. The van der Waals surface area contributed by atoms with Gasteiger partial charge in [-0.3, -0.25) is 9.88 Å². The summed E-state index contributed by atoms with van der Waals surface area (Å²) in [7, 11) is 0. The molecular formula is C22H32N2O. The van der Waals surface area contributed by atoms with Gasteiger partial charge in [0.2, 0.25) is 0 Å². The summed E-state index contributed by atoms with van der Waals surface area (Å²) in [4.78, 5) is 7.18. The summed E-state index contributed by atoms with van der Waals surface area (Å²) in [6.45, 7) is 5.27. The van der Waals surface area contributed by atoms with Crippen molar-refractivity contribution in [1.82, 2.24) is 9.88 Å². The predicted molar refractivity (Wildman–Crippen MR) is 105 cm³/mol. The van der Waals surface area contributed by atoms with Crippen molar-refractivity contribution in [3.63, 3.8) is 0 Å². The molecule has 0 radical (unpaired) electrons. The lowest BCUT2D eigenvalue weighted by Gasteiger charge is -2.34. The first-order chi connectivity index (χ1) is 12.4. The van der Waals surface area contributed by atoms with Gasteiger partial charge < -0.3 is 4.74 Å². The van der Waals surface area contributed by atoms with E-state index in [1.54, 1.807) is 0 Å². The molecule has 0 aliphatic heterocycles. The van der Waals surface area contributed by atoms with Crippen molar-refractivity contribution in [2.75, 3.05) is 19.7 Å². The average molecular weight is 341 g/mol. The van der Waals surface area contributed by atoms with E-state index in [4.69, 9.17) is 4.74 Å². The molecule has 0 spiro atoms. The largest absolute Gasteiger partial charge is 0.490 e. The van der Waals surface area contributed by atoms with E-state index in [0.29, 0.717) is 0 Å². The lowest BCUT2D eigenvalue weighted by Crippen LogP contribution is -2.40. The van der Waals surface area contributed by atoms with Crippen molar-refractivity contribution in [3.05, 3.63) is 36.5 Å². The molecule has 0 N–H and O–H groups in total. The number of benzene rings is 1. The van der Waals surface area contributed by atoms with Gasteiger partial charge in [-0.1, -0.05) is 57.2 Å². The van der Waals surface area contributed by atoms with Crippen LogP contribution in [0.1, 0.15) is 58.3 Å². The number of ether oxygens (including phenoxy) is 1. The second-order valence-electron chi connectivity index (χ2n) is 7.21. The van der Waals surface area contributed by atoms with Crippen molar-refractivity contribution in [2.24, 2.45) is 0 Å². The van der Waals surface area contributed by atoms with E-state index in [0.717, 1.165) is 35.8 Å². The maximum atomic E-state index is 6.14. The van der Waals surface area contributed by atoms with Crippen LogP contribution in [-0.4, -0.2) is 35.6 Å². The molecule has 3 rings (SSSR count). The first-order valence-corrected chi connectivity index (χ1v) is 10.1. The summed E-state index contributed by atoms with van der Waals surface area (Å²) in [6, 6.07) is 11.0. The zero-order chi connectivity index (χ0) is 17.3. The molecule has 2 aromatic rings. The molecule has 3 nitrogen and oxygen atoms in total. The topological polar surface area (TPSA) is 25.4 Å². The Bertz CT molecular complexity index is 631. The van der Waals surface area contributed by atoms with Crippen LogP contribution in [0.25, 0.3) is 10.9 Å². The maximum Gasteiger partial charge on any atom is 0.145 e. The second-order valence-corrected chi connectivity index (χ2v) is 7.21. The van der Waals surface area contributed by atoms with Gasteiger partial charge in [-0.25, -0.2) is 0 Å². The van der Waals surface area contributed by atoms with E-state index in [2.05, 4.69) is 35.0 Å². The van der Waals surface area contributed by atoms with Crippen molar-refractivity contribution in [1.29, 1.82) is 0 Å². The summed E-state index contributed by atoms with van der Waals surface area (Å²) >= 11 is 0. The molecule has 1 saturated carbocycles. The van der Waals surface area contributed by atoms with E-state index in [1.807, 2.05) is 18.3 Å². The number of para-hydroxylation sites is 1. The molecule has 1 aliphatic rings. The number of rotatable bonds is 9. The monoisotopic (exact) mass is 340 g/mol. The van der Waals surface area contributed by atoms with Crippen LogP contribution in [0.2, 0.25) is 0 Å². The summed E-state index contributed by atoms with van der Waals surface area (Å²) < 4.78 is 6.14. The highest BCUT2D eigenvalue weighted by Gasteiger charge is 2.20. The van der Waals surface area contributed by atoms with E-state index in [-0.39, 0.29) is 0 Å². The molecule has 1 aliphatic carbocycles. The molecule has 1 heterocycles. The Balaban J connectivity index is 1.57. The predicted octanol–water partition coefficient (Wildman–Crippen LogP) is 5.44. The fourth-order valence-corrected chi connectivity index (χ4v) is 3.95. The SMILES string of the molecule is CCCCCN(CCOc1cccc2cccnc12)C1CCCCC1. The Morgan fingerprint density at radius 2 is 1.88 bits per heavy atom. The first kappa shape index (κ1) is 18.2. The maximum absolute atomic E-state index is 6.14. The summed E-state index contributed by atoms with van der Waals surface area (Å²) in [6.07, 6.45) is 12.7. The van der Waals surface area contributed by atoms with Gasteiger partial charge in [-0.05, 0) is 37.9 Å². The minimum Gasteiger partial charge on any atom is -0.490 e. The Morgan fingerprint density at radius 3 is 2.72 bits per heavy atom. The van der Waals surface area contributed by atoms with Gasteiger partial charge in [-0.15, -0.1) is 0 Å². The highest BCUT2D eigenvalue weighted by atomic mass is 16.5. The van der Waals surface area contributed by atoms with Crippen LogP contribution in [-0.2, 0) is 0 Å².